The van der Waals surface area contributed by atoms with Crippen LogP contribution in [0.1, 0.15) is 5.69 Å². The molecule has 1 aromatic heterocycles. The normalized spacial score (nSPS) is 10.6. The molecule has 0 unspecified atom stereocenters. The van der Waals surface area contributed by atoms with Crippen LogP contribution in [0, 0.1) is 0 Å². The SMILES string of the molecule is O=C(O)Cc1nn(-c2ccccc2Cl)cc1-c1ccccc1. The average Bonchev–Trinajstić information content (AvgIpc) is 2.91. The van der Waals surface area contributed by atoms with Crippen LogP contribution in [0.4, 0.5) is 0 Å². The van der Waals surface area contributed by atoms with Gasteiger partial charge in [0.05, 0.1) is 22.8 Å². The summed E-state index contributed by atoms with van der Waals surface area (Å²) < 4.78 is 1.63. The molecule has 5 heteroatoms. The Bertz CT molecular complexity index is 813. The highest BCUT2D eigenvalue weighted by atomic mass is 35.5. The Labute approximate surface area is 132 Å². The topological polar surface area (TPSA) is 55.1 Å². The Morgan fingerprint density at radius 3 is 2.45 bits per heavy atom. The van der Waals surface area contributed by atoms with E-state index in [4.69, 9.17) is 16.7 Å². The first-order chi connectivity index (χ1) is 10.6. The summed E-state index contributed by atoms with van der Waals surface area (Å²) in [4.78, 5) is 11.1. The highest BCUT2D eigenvalue weighted by Crippen LogP contribution is 2.27. The van der Waals surface area contributed by atoms with Crippen LogP contribution in [0.25, 0.3) is 16.8 Å². The van der Waals surface area contributed by atoms with E-state index in [2.05, 4.69) is 5.10 Å². The third-order valence-corrected chi connectivity index (χ3v) is 3.61. The van der Waals surface area contributed by atoms with Crippen LogP contribution in [-0.2, 0) is 11.2 Å². The molecule has 0 amide bonds. The van der Waals surface area contributed by atoms with E-state index in [0.29, 0.717) is 10.7 Å². The smallest absolute Gasteiger partial charge is 0.309 e. The molecule has 0 aliphatic rings. The third-order valence-electron chi connectivity index (χ3n) is 3.29. The molecule has 110 valence electrons. The van der Waals surface area contributed by atoms with E-state index in [1.165, 1.54) is 0 Å². The lowest BCUT2D eigenvalue weighted by Gasteiger charge is -2.02. The summed E-state index contributed by atoms with van der Waals surface area (Å²) in [6.45, 7) is 0. The first kappa shape index (κ1) is 14.4. The Morgan fingerprint density at radius 2 is 1.77 bits per heavy atom. The van der Waals surface area contributed by atoms with Crippen LogP contribution in [0.15, 0.2) is 60.8 Å². The number of nitrogens with zero attached hydrogens (tertiary/aromatic N) is 2. The molecule has 0 atom stereocenters. The summed E-state index contributed by atoms with van der Waals surface area (Å²) >= 11 is 6.19. The lowest BCUT2D eigenvalue weighted by atomic mass is 10.1. The molecule has 3 rings (SSSR count). The van der Waals surface area contributed by atoms with Crippen molar-refractivity contribution in [2.24, 2.45) is 0 Å². The third kappa shape index (κ3) is 2.87. The number of aromatic nitrogens is 2. The van der Waals surface area contributed by atoms with E-state index in [-0.39, 0.29) is 6.42 Å². The van der Waals surface area contributed by atoms with Gasteiger partial charge in [-0.2, -0.15) is 5.10 Å². The maximum absolute atomic E-state index is 11.1. The number of halogens is 1. The molecule has 1 heterocycles. The minimum absolute atomic E-state index is 0.137. The molecule has 0 radical (unpaired) electrons. The Balaban J connectivity index is 2.13. The number of carboxylic acids is 1. The highest BCUT2D eigenvalue weighted by molar-refractivity contribution is 6.32. The zero-order chi connectivity index (χ0) is 15.5. The van der Waals surface area contributed by atoms with Crippen LogP contribution in [-0.4, -0.2) is 20.9 Å². The van der Waals surface area contributed by atoms with Gasteiger partial charge in [0, 0.05) is 11.8 Å². The summed E-state index contributed by atoms with van der Waals surface area (Å²) in [6.07, 6.45) is 1.68. The summed E-state index contributed by atoms with van der Waals surface area (Å²) in [5.41, 5.74) is 2.96. The van der Waals surface area contributed by atoms with Crippen molar-refractivity contribution in [3.63, 3.8) is 0 Å². The molecule has 0 bridgehead atoms. The van der Waals surface area contributed by atoms with Gasteiger partial charge in [0.2, 0.25) is 0 Å². The molecule has 3 aromatic rings. The van der Waals surface area contributed by atoms with Crippen molar-refractivity contribution < 1.29 is 9.90 Å². The second kappa shape index (κ2) is 6.03. The molecular formula is C17H13ClN2O2. The largest absolute Gasteiger partial charge is 0.481 e. The van der Waals surface area contributed by atoms with Gasteiger partial charge in [0.25, 0.3) is 0 Å². The summed E-state index contributed by atoms with van der Waals surface area (Å²) in [5.74, 6) is -0.915. The standard InChI is InChI=1S/C17H13ClN2O2/c18-14-8-4-5-9-16(14)20-11-13(12-6-2-1-3-7-12)15(19-20)10-17(21)22/h1-9,11H,10H2,(H,21,22). The molecule has 4 nitrogen and oxygen atoms in total. The summed E-state index contributed by atoms with van der Waals surface area (Å²) in [5, 5.41) is 14.1. The molecule has 0 fully saturated rings. The molecule has 0 saturated heterocycles. The van der Waals surface area contributed by atoms with Gasteiger partial charge in [-0.1, -0.05) is 54.1 Å². The van der Waals surface area contributed by atoms with Crippen LogP contribution in [0.3, 0.4) is 0 Å². The second-order valence-corrected chi connectivity index (χ2v) is 5.23. The minimum atomic E-state index is -0.915. The maximum atomic E-state index is 11.1. The van der Waals surface area contributed by atoms with Crippen molar-refractivity contribution in [1.82, 2.24) is 9.78 Å². The predicted molar refractivity (Wildman–Crippen MR) is 85.3 cm³/mol. The van der Waals surface area contributed by atoms with Gasteiger partial charge in [0.15, 0.2) is 0 Å². The number of carbonyl (C=O) groups is 1. The summed E-state index contributed by atoms with van der Waals surface area (Å²) in [6, 6.07) is 16.9. The van der Waals surface area contributed by atoms with Crippen molar-refractivity contribution in [2.75, 3.05) is 0 Å². The number of rotatable bonds is 4. The predicted octanol–water partition coefficient (Wildman–Crippen LogP) is 3.82. The van der Waals surface area contributed by atoms with E-state index in [9.17, 15) is 4.79 Å². The van der Waals surface area contributed by atoms with Crippen molar-refractivity contribution in [2.45, 2.75) is 6.42 Å². The lowest BCUT2D eigenvalue weighted by Crippen LogP contribution is -2.03. The molecule has 22 heavy (non-hydrogen) atoms. The second-order valence-electron chi connectivity index (χ2n) is 4.82. The van der Waals surface area contributed by atoms with Crippen LogP contribution in [0.5, 0.6) is 0 Å². The highest BCUT2D eigenvalue weighted by Gasteiger charge is 2.15. The fraction of sp³-hybridized carbons (Fsp3) is 0.0588. The van der Waals surface area contributed by atoms with Gasteiger partial charge in [0.1, 0.15) is 0 Å². The van der Waals surface area contributed by atoms with Gasteiger partial charge < -0.3 is 5.11 Å². The molecule has 1 N–H and O–H groups in total. The number of hydrogen-bond donors (Lipinski definition) is 1. The van der Waals surface area contributed by atoms with Gasteiger partial charge in [-0.25, -0.2) is 4.68 Å². The molecule has 0 aliphatic heterocycles. The van der Waals surface area contributed by atoms with E-state index in [1.807, 2.05) is 54.7 Å². The zero-order valence-electron chi connectivity index (χ0n) is 11.6. The summed E-state index contributed by atoms with van der Waals surface area (Å²) in [7, 11) is 0. The molecule has 0 spiro atoms. The quantitative estimate of drug-likeness (QED) is 0.796. The Hall–Kier alpha value is -2.59. The van der Waals surface area contributed by atoms with E-state index >= 15 is 0 Å². The molecule has 0 saturated carbocycles. The number of carboxylic acid groups (broad SMARTS) is 1. The first-order valence-electron chi connectivity index (χ1n) is 6.76. The zero-order valence-corrected chi connectivity index (χ0v) is 12.4. The van der Waals surface area contributed by atoms with Gasteiger partial charge in [-0.05, 0) is 17.7 Å². The van der Waals surface area contributed by atoms with Crippen molar-refractivity contribution >= 4 is 17.6 Å². The number of hydrogen-bond acceptors (Lipinski definition) is 2. The molecule has 0 aliphatic carbocycles. The maximum Gasteiger partial charge on any atom is 0.309 e. The van der Waals surface area contributed by atoms with Gasteiger partial charge >= 0.3 is 5.97 Å². The molecule has 2 aromatic carbocycles. The van der Waals surface area contributed by atoms with E-state index < -0.39 is 5.97 Å². The average molecular weight is 313 g/mol. The fourth-order valence-corrected chi connectivity index (χ4v) is 2.53. The van der Waals surface area contributed by atoms with Crippen LogP contribution >= 0.6 is 11.6 Å². The number of benzene rings is 2. The van der Waals surface area contributed by atoms with Crippen LogP contribution in [0.2, 0.25) is 5.02 Å². The van der Waals surface area contributed by atoms with Gasteiger partial charge in [-0.15, -0.1) is 0 Å². The van der Waals surface area contributed by atoms with Gasteiger partial charge in [-0.3, -0.25) is 4.79 Å². The fourth-order valence-electron chi connectivity index (χ4n) is 2.30. The van der Waals surface area contributed by atoms with Crippen molar-refractivity contribution in [3.05, 3.63) is 71.5 Å². The van der Waals surface area contributed by atoms with Crippen molar-refractivity contribution in [3.8, 4) is 16.8 Å². The van der Waals surface area contributed by atoms with E-state index in [1.54, 1.807) is 10.7 Å². The number of para-hydroxylation sites is 1. The van der Waals surface area contributed by atoms with E-state index in [0.717, 1.165) is 16.8 Å². The van der Waals surface area contributed by atoms with Crippen molar-refractivity contribution in [1.29, 1.82) is 0 Å². The lowest BCUT2D eigenvalue weighted by molar-refractivity contribution is -0.136. The minimum Gasteiger partial charge on any atom is -0.481 e. The Morgan fingerprint density at radius 1 is 1.09 bits per heavy atom. The Kier molecular flexibility index (Phi) is 3.94. The molecular weight excluding hydrogens is 300 g/mol. The first-order valence-corrected chi connectivity index (χ1v) is 7.13. The number of aliphatic carboxylic acids is 1. The van der Waals surface area contributed by atoms with Crippen LogP contribution < -0.4 is 0 Å². The monoisotopic (exact) mass is 312 g/mol.